The molecule has 0 N–H and O–H groups in total. The predicted molar refractivity (Wildman–Crippen MR) is 73.7 cm³/mol. The van der Waals surface area contributed by atoms with Crippen molar-refractivity contribution in [2.45, 2.75) is 19.0 Å². The molecule has 1 aromatic heterocycles. The molecule has 1 saturated heterocycles. The van der Waals surface area contributed by atoms with E-state index >= 15 is 0 Å². The van der Waals surface area contributed by atoms with Gasteiger partial charge in [-0.25, -0.2) is 4.79 Å². The Morgan fingerprint density at radius 3 is 2.95 bits per heavy atom. The molecule has 0 bridgehead atoms. The second-order valence-corrected chi connectivity index (χ2v) is 4.68. The van der Waals surface area contributed by atoms with E-state index in [-0.39, 0.29) is 31.0 Å². The van der Waals surface area contributed by atoms with Gasteiger partial charge in [-0.15, -0.1) is 0 Å². The van der Waals surface area contributed by atoms with Crippen LogP contribution in [0.5, 0.6) is 0 Å². The van der Waals surface area contributed by atoms with E-state index < -0.39 is 12.0 Å². The monoisotopic (exact) mass is 294 g/mol. The number of ether oxygens (including phenoxy) is 2. The number of pyridine rings is 1. The van der Waals surface area contributed by atoms with E-state index in [0.29, 0.717) is 13.2 Å². The van der Waals surface area contributed by atoms with Crippen molar-refractivity contribution in [3.05, 3.63) is 34.7 Å². The molecule has 0 radical (unpaired) electrons. The van der Waals surface area contributed by atoms with Crippen molar-refractivity contribution in [2.24, 2.45) is 0 Å². The van der Waals surface area contributed by atoms with Crippen molar-refractivity contribution < 1.29 is 19.1 Å². The highest BCUT2D eigenvalue weighted by molar-refractivity contribution is 5.84. The average Bonchev–Trinajstić information content (AvgIpc) is 2.53. The van der Waals surface area contributed by atoms with Crippen molar-refractivity contribution >= 4 is 11.9 Å². The second kappa shape index (κ2) is 7.03. The van der Waals surface area contributed by atoms with Gasteiger partial charge in [-0.3, -0.25) is 9.59 Å². The van der Waals surface area contributed by atoms with Crippen LogP contribution in [0.15, 0.2) is 29.2 Å². The van der Waals surface area contributed by atoms with Crippen molar-refractivity contribution in [3.8, 4) is 0 Å². The first-order chi connectivity index (χ1) is 10.1. The molecule has 0 spiro atoms. The molecule has 1 atom stereocenters. The van der Waals surface area contributed by atoms with Gasteiger partial charge < -0.3 is 18.9 Å². The first-order valence-corrected chi connectivity index (χ1v) is 6.74. The number of morpholine rings is 1. The molecule has 1 unspecified atom stereocenters. The lowest BCUT2D eigenvalue weighted by atomic mass is 10.2. The first kappa shape index (κ1) is 15.2. The van der Waals surface area contributed by atoms with Crippen LogP contribution in [-0.2, 0) is 25.6 Å². The highest BCUT2D eigenvalue weighted by Crippen LogP contribution is 2.10. The van der Waals surface area contributed by atoms with Crippen LogP contribution in [-0.4, -0.2) is 54.3 Å². The number of amides is 1. The summed E-state index contributed by atoms with van der Waals surface area (Å²) in [5.41, 5.74) is -0.156. The molecule has 0 aliphatic carbocycles. The fourth-order valence-corrected chi connectivity index (χ4v) is 2.24. The second-order valence-electron chi connectivity index (χ2n) is 4.68. The van der Waals surface area contributed by atoms with Crippen molar-refractivity contribution in [1.82, 2.24) is 9.47 Å². The van der Waals surface area contributed by atoms with Crippen LogP contribution in [0.3, 0.4) is 0 Å². The molecule has 0 aromatic carbocycles. The lowest BCUT2D eigenvalue weighted by molar-refractivity contribution is -0.160. The summed E-state index contributed by atoms with van der Waals surface area (Å²) in [4.78, 5) is 37.0. The van der Waals surface area contributed by atoms with Crippen LogP contribution in [0.4, 0.5) is 0 Å². The van der Waals surface area contributed by atoms with Crippen LogP contribution in [0.2, 0.25) is 0 Å². The Morgan fingerprint density at radius 2 is 2.24 bits per heavy atom. The van der Waals surface area contributed by atoms with Gasteiger partial charge in [0, 0.05) is 31.8 Å². The zero-order valence-corrected chi connectivity index (χ0v) is 11.9. The standard InChI is InChI=1S/C14H18N2O5/c1-20-14(19)11-10-21-9-8-16(11)13(18)5-7-15-6-3-2-4-12(15)17/h2-4,6,11H,5,7-10H2,1H3. The maximum Gasteiger partial charge on any atom is 0.331 e. The normalized spacial score (nSPS) is 18.3. The number of methoxy groups -OCH3 is 1. The molecular weight excluding hydrogens is 276 g/mol. The Morgan fingerprint density at radius 1 is 1.43 bits per heavy atom. The van der Waals surface area contributed by atoms with Gasteiger partial charge in [0.25, 0.3) is 5.56 Å². The van der Waals surface area contributed by atoms with E-state index in [1.54, 1.807) is 18.3 Å². The third kappa shape index (κ3) is 3.69. The molecule has 2 heterocycles. The Hall–Kier alpha value is -2.15. The van der Waals surface area contributed by atoms with E-state index in [1.807, 2.05) is 0 Å². The smallest absolute Gasteiger partial charge is 0.331 e. The van der Waals surface area contributed by atoms with Crippen LogP contribution in [0.1, 0.15) is 6.42 Å². The quantitative estimate of drug-likeness (QED) is 0.709. The van der Waals surface area contributed by atoms with Gasteiger partial charge in [0.05, 0.1) is 20.3 Å². The topological polar surface area (TPSA) is 77.8 Å². The summed E-state index contributed by atoms with van der Waals surface area (Å²) in [7, 11) is 1.28. The largest absolute Gasteiger partial charge is 0.467 e. The third-order valence-electron chi connectivity index (χ3n) is 3.39. The molecule has 1 aromatic rings. The number of rotatable bonds is 4. The summed E-state index contributed by atoms with van der Waals surface area (Å²) < 4.78 is 11.4. The van der Waals surface area contributed by atoms with E-state index in [9.17, 15) is 14.4 Å². The first-order valence-electron chi connectivity index (χ1n) is 6.74. The van der Waals surface area contributed by atoms with Gasteiger partial charge in [-0.1, -0.05) is 6.07 Å². The molecule has 1 amide bonds. The van der Waals surface area contributed by atoms with Gasteiger partial charge in [0.2, 0.25) is 5.91 Å². The summed E-state index contributed by atoms with van der Waals surface area (Å²) >= 11 is 0. The highest BCUT2D eigenvalue weighted by atomic mass is 16.5. The molecule has 7 nitrogen and oxygen atoms in total. The summed E-state index contributed by atoms with van der Waals surface area (Å²) in [6.45, 7) is 1.17. The van der Waals surface area contributed by atoms with Crippen LogP contribution >= 0.6 is 0 Å². The zero-order valence-electron chi connectivity index (χ0n) is 11.9. The van der Waals surface area contributed by atoms with Gasteiger partial charge in [0.1, 0.15) is 0 Å². The Balaban J connectivity index is 1.99. The fraction of sp³-hybridized carbons (Fsp3) is 0.500. The molecule has 21 heavy (non-hydrogen) atoms. The maximum atomic E-state index is 12.3. The third-order valence-corrected chi connectivity index (χ3v) is 3.39. The van der Waals surface area contributed by atoms with E-state index in [1.165, 1.54) is 22.6 Å². The average molecular weight is 294 g/mol. The lowest BCUT2D eigenvalue weighted by Gasteiger charge is -2.33. The van der Waals surface area contributed by atoms with Crippen LogP contribution < -0.4 is 5.56 Å². The summed E-state index contributed by atoms with van der Waals surface area (Å²) in [6.07, 6.45) is 1.78. The van der Waals surface area contributed by atoms with Gasteiger partial charge >= 0.3 is 5.97 Å². The van der Waals surface area contributed by atoms with Crippen LogP contribution in [0, 0.1) is 0 Å². The molecule has 2 rings (SSSR count). The minimum atomic E-state index is -0.705. The molecular formula is C14H18N2O5. The van der Waals surface area contributed by atoms with Crippen molar-refractivity contribution in [3.63, 3.8) is 0 Å². The molecule has 114 valence electrons. The molecule has 1 fully saturated rings. The van der Waals surface area contributed by atoms with Gasteiger partial charge in [-0.05, 0) is 6.07 Å². The highest BCUT2D eigenvalue weighted by Gasteiger charge is 2.33. The van der Waals surface area contributed by atoms with Crippen molar-refractivity contribution in [2.75, 3.05) is 26.9 Å². The fourth-order valence-electron chi connectivity index (χ4n) is 2.24. The molecule has 0 saturated carbocycles. The number of nitrogens with zero attached hydrogens (tertiary/aromatic N) is 2. The summed E-state index contributed by atoms with van der Waals surface area (Å²) in [6, 6.07) is 4.12. The number of esters is 1. The minimum absolute atomic E-state index is 0.143. The Labute approximate surface area is 122 Å². The van der Waals surface area contributed by atoms with E-state index in [2.05, 4.69) is 4.74 Å². The predicted octanol–water partition coefficient (Wildman–Crippen LogP) is -0.361. The van der Waals surface area contributed by atoms with Gasteiger partial charge in [-0.2, -0.15) is 0 Å². The number of carbonyl (C=O) groups excluding carboxylic acids is 2. The number of hydrogen-bond acceptors (Lipinski definition) is 5. The SMILES string of the molecule is COC(=O)C1COCCN1C(=O)CCn1ccccc1=O. The Bertz CT molecular complexity index is 568. The Kier molecular flexibility index (Phi) is 5.10. The lowest BCUT2D eigenvalue weighted by Crippen LogP contribution is -2.53. The molecule has 1 aliphatic heterocycles. The van der Waals surface area contributed by atoms with Crippen LogP contribution in [0.25, 0.3) is 0 Å². The van der Waals surface area contributed by atoms with Gasteiger partial charge in [0.15, 0.2) is 6.04 Å². The zero-order chi connectivity index (χ0) is 15.2. The number of carbonyl (C=O) groups is 2. The van der Waals surface area contributed by atoms with Crippen molar-refractivity contribution in [1.29, 1.82) is 0 Å². The molecule has 7 heteroatoms. The molecule has 1 aliphatic rings. The maximum absolute atomic E-state index is 12.3. The van der Waals surface area contributed by atoms with E-state index in [4.69, 9.17) is 4.74 Å². The van der Waals surface area contributed by atoms with E-state index in [0.717, 1.165) is 0 Å². The number of aromatic nitrogens is 1. The summed E-state index contributed by atoms with van der Waals surface area (Å²) in [5.74, 6) is -0.676. The summed E-state index contributed by atoms with van der Waals surface area (Å²) in [5, 5.41) is 0. The minimum Gasteiger partial charge on any atom is -0.467 e. The number of hydrogen-bond donors (Lipinski definition) is 0. The number of aryl methyl sites for hydroxylation is 1.